The van der Waals surface area contributed by atoms with Gasteiger partial charge in [0.25, 0.3) is 5.91 Å². The molecule has 1 saturated heterocycles. The molecule has 2 aliphatic heterocycles. The number of hydrogen-bond acceptors (Lipinski definition) is 6. The first-order valence-electron chi connectivity index (χ1n) is 11.7. The number of fused-ring (bicyclic) bond motifs is 3. The highest BCUT2D eigenvalue weighted by atomic mass is 16.6. The Balaban J connectivity index is 1.29. The van der Waals surface area contributed by atoms with Crippen LogP contribution in [0.5, 0.6) is 5.75 Å². The lowest BCUT2D eigenvalue weighted by molar-refractivity contribution is -0.142. The third-order valence-corrected chi connectivity index (χ3v) is 6.81. The summed E-state index contributed by atoms with van der Waals surface area (Å²) in [6.07, 6.45) is 7.31. The van der Waals surface area contributed by atoms with Crippen LogP contribution in [-0.4, -0.2) is 52.9 Å². The molecule has 3 aliphatic rings. The number of nitrogens with zero attached hydrogens (tertiary/aromatic N) is 1. The summed E-state index contributed by atoms with van der Waals surface area (Å²) in [7, 11) is 0. The zero-order valence-corrected chi connectivity index (χ0v) is 18.4. The lowest BCUT2D eigenvalue weighted by Crippen LogP contribution is -2.47. The van der Waals surface area contributed by atoms with Crippen molar-refractivity contribution in [3.8, 4) is 5.75 Å². The average molecular weight is 452 g/mol. The number of carbonyl (C=O) groups excluding carboxylic acids is 2. The van der Waals surface area contributed by atoms with E-state index in [4.69, 9.17) is 9.47 Å². The van der Waals surface area contributed by atoms with Crippen molar-refractivity contribution in [1.82, 2.24) is 10.3 Å². The van der Waals surface area contributed by atoms with E-state index in [9.17, 15) is 14.7 Å². The van der Waals surface area contributed by atoms with Gasteiger partial charge in [-0.05, 0) is 49.6 Å². The largest absolute Gasteiger partial charge is 0.487 e. The van der Waals surface area contributed by atoms with Gasteiger partial charge in [-0.1, -0.05) is 12.8 Å². The average Bonchev–Trinajstić information content (AvgIpc) is 3.46. The van der Waals surface area contributed by atoms with Gasteiger partial charge < -0.3 is 25.2 Å². The number of rotatable bonds is 6. The minimum absolute atomic E-state index is 0.00124. The summed E-state index contributed by atoms with van der Waals surface area (Å²) in [5.41, 5.74) is 2.10. The summed E-state index contributed by atoms with van der Waals surface area (Å²) >= 11 is 0. The summed E-state index contributed by atoms with van der Waals surface area (Å²) in [5.74, 6) is 0.465. The van der Waals surface area contributed by atoms with E-state index in [-0.39, 0.29) is 49.0 Å². The highest BCUT2D eigenvalue weighted by Gasteiger charge is 2.46. The second-order valence-corrected chi connectivity index (χ2v) is 9.11. The standard InChI is InChI=1S/C25H29N3O5/c29-14-22-24-20(11-18(32-22)12-23(30)27-16-5-1-2-6-16)19-10-17(7-8-21(19)33-24)28-25(31)15-4-3-9-26-13-15/h3-4,7-10,13,16,18,20,22,24,29H,1-2,5-6,11-12,14H2,(H,27,30)(H,28,31)/t18-,20-,22+,24+/m0/s1. The van der Waals surface area contributed by atoms with Crippen molar-refractivity contribution in [2.24, 2.45) is 0 Å². The molecule has 2 aromatic rings. The third kappa shape index (κ3) is 4.72. The maximum atomic E-state index is 12.6. The number of benzene rings is 1. The van der Waals surface area contributed by atoms with E-state index in [1.807, 2.05) is 12.1 Å². The van der Waals surface area contributed by atoms with E-state index in [0.29, 0.717) is 17.7 Å². The van der Waals surface area contributed by atoms with Crippen LogP contribution < -0.4 is 15.4 Å². The number of aromatic nitrogens is 1. The van der Waals surface area contributed by atoms with Crippen LogP contribution in [0.4, 0.5) is 5.69 Å². The summed E-state index contributed by atoms with van der Waals surface area (Å²) in [5, 5.41) is 16.0. The molecule has 1 aromatic heterocycles. The molecule has 3 N–H and O–H groups in total. The van der Waals surface area contributed by atoms with Gasteiger partial charge in [-0.15, -0.1) is 0 Å². The molecule has 0 spiro atoms. The van der Waals surface area contributed by atoms with Crippen molar-refractivity contribution in [3.63, 3.8) is 0 Å². The lowest BCUT2D eigenvalue weighted by atomic mass is 9.84. The Morgan fingerprint density at radius 3 is 2.79 bits per heavy atom. The maximum Gasteiger partial charge on any atom is 0.257 e. The van der Waals surface area contributed by atoms with E-state index in [2.05, 4.69) is 15.6 Å². The van der Waals surface area contributed by atoms with Crippen LogP contribution in [0.2, 0.25) is 0 Å². The number of pyridine rings is 1. The van der Waals surface area contributed by atoms with E-state index in [1.54, 1.807) is 24.4 Å². The zero-order valence-electron chi connectivity index (χ0n) is 18.4. The molecule has 174 valence electrons. The van der Waals surface area contributed by atoms with Gasteiger partial charge in [-0.2, -0.15) is 0 Å². The quantitative estimate of drug-likeness (QED) is 0.623. The van der Waals surface area contributed by atoms with Gasteiger partial charge in [0.15, 0.2) is 0 Å². The van der Waals surface area contributed by atoms with Gasteiger partial charge >= 0.3 is 0 Å². The number of aliphatic hydroxyl groups is 1. The summed E-state index contributed by atoms with van der Waals surface area (Å²) in [4.78, 5) is 29.1. The van der Waals surface area contributed by atoms with Gasteiger partial charge in [0.2, 0.25) is 5.91 Å². The first-order valence-corrected chi connectivity index (χ1v) is 11.7. The van der Waals surface area contributed by atoms with E-state index in [0.717, 1.165) is 37.0 Å². The van der Waals surface area contributed by atoms with Gasteiger partial charge in [-0.3, -0.25) is 14.6 Å². The van der Waals surface area contributed by atoms with Crippen LogP contribution in [-0.2, 0) is 9.53 Å². The first-order chi connectivity index (χ1) is 16.1. The lowest BCUT2D eigenvalue weighted by Gasteiger charge is -2.37. The highest BCUT2D eigenvalue weighted by molar-refractivity contribution is 6.04. The van der Waals surface area contributed by atoms with Crippen molar-refractivity contribution in [3.05, 3.63) is 53.9 Å². The Bertz CT molecular complexity index is 1010. The molecule has 5 rings (SSSR count). The Labute approximate surface area is 192 Å². The fourth-order valence-electron chi connectivity index (χ4n) is 5.23. The molecule has 8 heteroatoms. The van der Waals surface area contributed by atoms with Gasteiger partial charge in [0, 0.05) is 35.6 Å². The van der Waals surface area contributed by atoms with Crippen LogP contribution in [0.15, 0.2) is 42.7 Å². The Morgan fingerprint density at radius 1 is 1.18 bits per heavy atom. The van der Waals surface area contributed by atoms with E-state index >= 15 is 0 Å². The van der Waals surface area contributed by atoms with Crippen molar-refractivity contribution in [2.45, 2.75) is 68.8 Å². The van der Waals surface area contributed by atoms with Crippen molar-refractivity contribution in [1.29, 1.82) is 0 Å². The Hall–Kier alpha value is -2.97. The Kier molecular flexibility index (Phi) is 6.28. The molecular formula is C25H29N3O5. The molecule has 2 fully saturated rings. The molecule has 1 aromatic carbocycles. The third-order valence-electron chi connectivity index (χ3n) is 6.81. The Morgan fingerprint density at radius 2 is 2.03 bits per heavy atom. The minimum atomic E-state index is -0.506. The normalized spacial score (nSPS) is 26.2. The van der Waals surface area contributed by atoms with Gasteiger partial charge in [-0.25, -0.2) is 0 Å². The molecule has 0 radical (unpaired) electrons. The van der Waals surface area contributed by atoms with Crippen LogP contribution in [0.3, 0.4) is 0 Å². The molecule has 3 heterocycles. The van der Waals surface area contributed by atoms with E-state index in [1.165, 1.54) is 6.20 Å². The molecule has 0 unspecified atom stereocenters. The van der Waals surface area contributed by atoms with E-state index < -0.39 is 6.10 Å². The summed E-state index contributed by atoms with van der Waals surface area (Å²) in [6.45, 7) is -0.180. The van der Waals surface area contributed by atoms with Crippen molar-refractivity contribution >= 4 is 17.5 Å². The van der Waals surface area contributed by atoms with Crippen LogP contribution in [0, 0.1) is 0 Å². The van der Waals surface area contributed by atoms with Crippen molar-refractivity contribution < 1.29 is 24.2 Å². The molecule has 1 aliphatic carbocycles. The zero-order chi connectivity index (χ0) is 22.8. The van der Waals surface area contributed by atoms with Crippen LogP contribution >= 0.6 is 0 Å². The van der Waals surface area contributed by atoms with Gasteiger partial charge in [0.1, 0.15) is 18.0 Å². The number of amides is 2. The number of hydrogen-bond donors (Lipinski definition) is 3. The molecule has 1 saturated carbocycles. The molecule has 33 heavy (non-hydrogen) atoms. The fraction of sp³-hybridized carbons (Fsp3) is 0.480. The SMILES string of the molecule is O=C(C[C@@H]1C[C@H]2c3cc(NC(=O)c4cccnc4)ccc3O[C@H]2[C@@H](CO)O1)NC1CCCC1. The minimum Gasteiger partial charge on any atom is -0.487 e. The molecule has 4 atom stereocenters. The second kappa shape index (κ2) is 9.49. The van der Waals surface area contributed by atoms with Crippen LogP contribution in [0.25, 0.3) is 0 Å². The maximum absolute atomic E-state index is 12.6. The van der Waals surface area contributed by atoms with Crippen LogP contribution in [0.1, 0.15) is 60.4 Å². The van der Waals surface area contributed by atoms with Crippen molar-refractivity contribution in [2.75, 3.05) is 11.9 Å². The monoisotopic (exact) mass is 451 g/mol. The molecule has 8 nitrogen and oxygen atoms in total. The van der Waals surface area contributed by atoms with Gasteiger partial charge in [0.05, 0.1) is 24.7 Å². The highest BCUT2D eigenvalue weighted by Crippen LogP contribution is 2.47. The fourth-order valence-corrected chi connectivity index (χ4v) is 5.23. The first kappa shape index (κ1) is 21.9. The number of anilines is 1. The molecule has 0 bridgehead atoms. The predicted molar refractivity (Wildman–Crippen MR) is 121 cm³/mol. The summed E-state index contributed by atoms with van der Waals surface area (Å²) in [6, 6.07) is 9.25. The summed E-state index contributed by atoms with van der Waals surface area (Å²) < 4.78 is 12.2. The number of aliphatic hydroxyl groups excluding tert-OH is 1. The number of nitrogens with one attached hydrogen (secondary N) is 2. The number of carbonyl (C=O) groups is 2. The predicted octanol–water partition coefficient (Wildman–Crippen LogP) is 2.78. The number of ether oxygens (including phenoxy) is 2. The molecule has 2 amide bonds. The second-order valence-electron chi connectivity index (χ2n) is 9.11. The topological polar surface area (TPSA) is 110 Å². The smallest absolute Gasteiger partial charge is 0.257 e. The molecular weight excluding hydrogens is 422 g/mol.